The van der Waals surface area contributed by atoms with E-state index in [0.29, 0.717) is 88.5 Å². The summed E-state index contributed by atoms with van der Waals surface area (Å²) in [5.74, 6) is 1.37. The van der Waals surface area contributed by atoms with Crippen LogP contribution in [0.3, 0.4) is 0 Å². The Morgan fingerprint density at radius 3 is 1.19 bits per heavy atom. The van der Waals surface area contributed by atoms with Crippen molar-refractivity contribution in [2.45, 2.75) is 225 Å². The van der Waals surface area contributed by atoms with Gasteiger partial charge < -0.3 is 75.9 Å². The molecular weight excluding hydrogens is 2050 g/mol. The Labute approximate surface area is 765 Å². The van der Waals surface area contributed by atoms with Crippen molar-refractivity contribution in [1.82, 2.24) is 0 Å². The molecule has 0 aromatic carbocycles. The van der Waals surface area contributed by atoms with Gasteiger partial charge in [0.2, 0.25) is 28.7 Å². The topological polar surface area (TPSA) is 170 Å². The van der Waals surface area contributed by atoms with E-state index in [0.717, 1.165) is 71.3 Å². The largest absolute Gasteiger partial charge is 1.00 e. The third-order valence-electron chi connectivity index (χ3n) is 13.2. The molecule has 2 heterocycles. The van der Waals surface area contributed by atoms with Crippen molar-refractivity contribution < 1.29 is 113 Å². The molecule has 41 heteroatoms. The predicted octanol–water partition coefficient (Wildman–Crippen LogP) is 15.9. The molecule has 0 amide bonds. The van der Waals surface area contributed by atoms with E-state index in [1.807, 2.05) is 62.3 Å². The number of hydrogen-bond donors (Lipinski definition) is 0. The summed E-state index contributed by atoms with van der Waals surface area (Å²) in [4.78, 5) is 25.1. The summed E-state index contributed by atoms with van der Waals surface area (Å²) in [6.45, 7) is 28.3. The van der Waals surface area contributed by atoms with Gasteiger partial charge in [-0.25, -0.2) is 17.5 Å². The van der Waals surface area contributed by atoms with Gasteiger partial charge in [-0.15, -0.1) is 5.57 Å². The van der Waals surface area contributed by atoms with Gasteiger partial charge in [0.15, 0.2) is 30.9 Å². The summed E-state index contributed by atoms with van der Waals surface area (Å²) in [5, 5.41) is 12.5. The second kappa shape index (κ2) is 55.6. The number of ketones is 1. The number of allylic oxidation sites excluding steroid dienone is 6. The van der Waals surface area contributed by atoms with Gasteiger partial charge in [0.1, 0.15) is 23.1 Å². The zero-order valence-electron chi connectivity index (χ0n) is 60.2. The van der Waals surface area contributed by atoms with E-state index < -0.39 is 47.4 Å². The first-order valence-corrected chi connectivity index (χ1v) is 45.8. The normalized spacial score (nSPS) is 17.3. The fourth-order valence-electron chi connectivity index (χ4n) is 8.81. The van der Waals surface area contributed by atoms with Crippen molar-refractivity contribution in [3.05, 3.63) is 51.5 Å². The number of alkyl halides is 19. The number of aliphatic imine (C=N–C) groups is 3. The van der Waals surface area contributed by atoms with Gasteiger partial charge in [-0.1, -0.05) is 269 Å². The summed E-state index contributed by atoms with van der Waals surface area (Å²) in [5.41, 5.74) is 7.45. The van der Waals surface area contributed by atoms with E-state index in [1.54, 1.807) is 13.8 Å². The molecule has 590 valence electrons. The molecule has 4 aliphatic rings. The molecule has 0 aromatic heterocycles. The number of halogens is 23. The van der Waals surface area contributed by atoms with E-state index in [-0.39, 0.29) is 123 Å². The molecule has 0 radical (unpaired) electrons. The molecule has 102 heavy (non-hydrogen) atoms. The fraction of sp³-hybridized carbons (Fsp3) is 0.787. The number of hydrogen-bond acceptors (Lipinski definition) is 15. The van der Waals surface area contributed by atoms with Crippen LogP contribution >= 0.6 is 275 Å². The van der Waals surface area contributed by atoms with Crippen molar-refractivity contribution >= 4 is 299 Å². The SMILES string of the molecule is BrP(Br)Br.C/C(CBr)=C(\CCC(OCC(Cl)(Cl)Cl)OCC(Cl)(Cl)Cl)C1=NC(C)(C)CO1.CC1=C(CCC(OCC(Cl)(Cl)Cl)OCC(Cl)(Cl)Cl)CCC1=O.CCOC(CCC1=C(C)CCC1=NC(C)(C)[O-])OCC.[Br-].[CH2-]/C(C)=C(/CCC(OCC(Cl)(Cl)Cl)OCC(Cl)(Cl)Cl)C1=NC(C)(C)CO1.[H-].[Li+].[Li+]. The van der Waals surface area contributed by atoms with Gasteiger partial charge in [0.05, 0.1) is 50.7 Å². The molecule has 0 spiro atoms. The van der Waals surface area contributed by atoms with Crippen LogP contribution in [0.1, 0.15) is 162 Å². The van der Waals surface area contributed by atoms with Crippen LogP contribution in [-0.4, -0.2) is 159 Å². The van der Waals surface area contributed by atoms with Crippen molar-refractivity contribution in [2.75, 3.05) is 71.4 Å². The Morgan fingerprint density at radius 2 is 0.902 bits per heavy atom. The first-order chi connectivity index (χ1) is 45.0. The predicted molar refractivity (Wildman–Crippen MR) is 437 cm³/mol. The van der Waals surface area contributed by atoms with Gasteiger partial charge in [-0.3, -0.25) is 9.79 Å². The van der Waals surface area contributed by atoms with E-state index in [9.17, 15) is 9.90 Å². The Morgan fingerprint density at radius 1 is 0.578 bits per heavy atom. The third-order valence-corrected chi connectivity index (χ3v) is 16.0. The number of carbonyl (C=O) groups excluding carboxylic acids is 1. The second-order valence-electron chi connectivity index (χ2n) is 24.1. The second-order valence-corrected chi connectivity index (χ2v) is 55.1. The molecule has 4 rings (SSSR count). The smallest absolute Gasteiger partial charge is 1.00 e. The van der Waals surface area contributed by atoms with E-state index in [2.05, 4.69) is 91.2 Å². The van der Waals surface area contributed by atoms with Gasteiger partial charge in [0.25, 0.3) is 0 Å². The van der Waals surface area contributed by atoms with Gasteiger partial charge in [0, 0.05) is 55.5 Å². The van der Waals surface area contributed by atoms with Crippen LogP contribution < -0.4 is 59.8 Å². The van der Waals surface area contributed by atoms with Gasteiger partial charge in [-0.05, 0) is 171 Å². The number of carbonyl (C=O) groups is 1. The first-order valence-electron chi connectivity index (χ1n) is 30.5. The van der Waals surface area contributed by atoms with E-state index in [1.165, 1.54) is 11.1 Å². The first kappa shape index (κ1) is 114. The third kappa shape index (κ3) is 60.5. The maximum absolute atomic E-state index is 11.8. The van der Waals surface area contributed by atoms with Crippen LogP contribution in [0.4, 0.5) is 0 Å². The number of nitrogens with zero attached hydrogens (tertiary/aromatic N) is 3. The van der Waals surface area contributed by atoms with Crippen LogP contribution in [0.15, 0.2) is 59.6 Å². The Kier molecular flexibility index (Phi) is 62.3. The van der Waals surface area contributed by atoms with Crippen LogP contribution in [0.25, 0.3) is 0 Å². The summed E-state index contributed by atoms with van der Waals surface area (Å²) in [6.07, 6.45) is 5.61. The average Bonchev–Trinajstić information content (AvgIpc) is 1.73. The minimum Gasteiger partial charge on any atom is -1.00 e. The van der Waals surface area contributed by atoms with Crippen molar-refractivity contribution in [2.24, 2.45) is 15.0 Å². The van der Waals surface area contributed by atoms with E-state index >= 15 is 0 Å². The number of ether oxygens (including phenoxy) is 10. The molecule has 0 saturated carbocycles. The van der Waals surface area contributed by atoms with Crippen LogP contribution in [0.2, 0.25) is 0 Å². The monoisotopic (exact) mass is 2120 g/mol. The molecule has 0 fully saturated rings. The van der Waals surface area contributed by atoms with Gasteiger partial charge in [-0.2, -0.15) is 0 Å². The summed E-state index contributed by atoms with van der Waals surface area (Å²) < 4.78 is 46.0. The fourth-order valence-corrected chi connectivity index (χ4v) is 10.3. The standard InChI is InChI=1S/C16H22BrCl6NO3.C16H22Cl6NO3.C16H28NO3.C13H16Cl6O3.Br3P.BrH.2Li.H/c1-10(6-17)11(13-24-14(2,3)7-27-13)4-5-12(25-8-15(18,19)20)26-9-16(21,22)23;1-10(2)11(13-23-14(3,4)7-26-13)5-6-12(24-8-15(17,18)19)25-9-16(20,21)22;1-6-19-15(20-7-2)11-9-13-12(3)8-10-14(13)17-16(4,5)18;1-8-9(2-4-10(8)20)3-5-11(21-6-12(14,15)16)22-7-13(17,18)19;1-4(2)3;;;;/h12H,4-9H2,1-3H3;12H,1,5-9H2,2-4H3;15H,6-11H2,1-5H3;11H,2-7H2,1H3;;1H;;;/q;2*-1;;;;2*+1;-1/p-1/b11-10-;11-10+;;;;;;;. The van der Waals surface area contributed by atoms with Crippen LogP contribution in [0.5, 0.6) is 0 Å². The van der Waals surface area contributed by atoms with E-state index in [4.69, 9.17) is 256 Å². The number of rotatable bonds is 32. The Hall–Kier alpha value is 5.99. The molecule has 0 saturated heterocycles. The molecule has 2 aliphatic carbocycles. The number of Topliss-reactive ketones (excluding diaryl/α,β-unsaturated/α-hetero) is 1. The summed E-state index contributed by atoms with van der Waals surface area (Å²) >= 11 is 116. The minimum atomic E-state index is -1.58. The zero-order chi connectivity index (χ0) is 76.8. The molecule has 0 aromatic rings. The Bertz CT molecular complexity index is 2620. The Balaban J connectivity index is -0.000000404. The van der Waals surface area contributed by atoms with Crippen molar-refractivity contribution in [3.63, 3.8) is 0 Å². The summed E-state index contributed by atoms with van der Waals surface area (Å²) in [7, 11) is 0. The summed E-state index contributed by atoms with van der Waals surface area (Å²) in [6, 6.07) is 0. The van der Waals surface area contributed by atoms with Gasteiger partial charge >= 0.3 is 37.7 Å². The maximum atomic E-state index is 11.8. The van der Waals surface area contributed by atoms with Crippen LogP contribution in [-0.2, 0) is 52.2 Å². The van der Waals surface area contributed by atoms with Crippen LogP contribution in [0, 0.1) is 6.92 Å². The average molecular weight is 2140 g/mol. The maximum Gasteiger partial charge on any atom is 1.00 e. The molecule has 0 bridgehead atoms. The quantitative estimate of drug-likeness (QED) is 0.0206. The molecule has 15 nitrogen and oxygen atoms in total. The molecule has 0 unspecified atom stereocenters. The minimum absolute atomic E-state index is 0. The van der Waals surface area contributed by atoms with Crippen molar-refractivity contribution in [1.29, 1.82) is 0 Å². The molecule has 0 atom stereocenters. The molecule has 0 N–H and O–H groups in total. The zero-order valence-corrected chi connectivity index (χ0v) is 81.6. The molecule has 2 aliphatic heterocycles. The van der Waals surface area contributed by atoms with Crippen molar-refractivity contribution in [3.8, 4) is 0 Å². The molecular formula is C61H89Br5Cl18Li2N3O12P-2.